The van der Waals surface area contributed by atoms with Crippen LogP contribution in [-0.4, -0.2) is 35.8 Å². The predicted molar refractivity (Wildman–Crippen MR) is 84.8 cm³/mol. The average Bonchev–Trinajstić information content (AvgIpc) is 2.39. The maximum atomic E-state index is 12.5. The number of sulfonamides is 1. The molecule has 1 fully saturated rings. The summed E-state index contributed by atoms with van der Waals surface area (Å²) in [4.78, 5) is 4.57. The number of halogens is 1. The molecule has 8 heteroatoms. The lowest BCUT2D eigenvalue weighted by Crippen LogP contribution is -2.46. The quantitative estimate of drug-likeness (QED) is 0.814. The highest BCUT2D eigenvalue weighted by Gasteiger charge is 2.37. The summed E-state index contributed by atoms with van der Waals surface area (Å²) in [6.45, 7) is 2.82. The summed E-state index contributed by atoms with van der Waals surface area (Å²) in [5, 5.41) is 0. The van der Waals surface area contributed by atoms with Crippen molar-refractivity contribution in [3.8, 4) is 0 Å². The van der Waals surface area contributed by atoms with Gasteiger partial charge in [-0.1, -0.05) is 19.1 Å². The van der Waals surface area contributed by atoms with Crippen LogP contribution in [0.1, 0.15) is 19.8 Å². The first-order valence-corrected chi connectivity index (χ1v) is 8.80. The fourth-order valence-corrected chi connectivity index (χ4v) is 4.30. The number of rotatable bonds is 3. The molecule has 110 valence electrons. The molecule has 0 atom stereocenters. The second-order valence-electron chi connectivity index (χ2n) is 5.17. The Balaban J connectivity index is 2.20. The van der Waals surface area contributed by atoms with Crippen molar-refractivity contribution in [3.05, 3.63) is 22.9 Å². The van der Waals surface area contributed by atoms with Gasteiger partial charge in [0.25, 0.3) is 0 Å². The highest BCUT2D eigenvalue weighted by Crippen LogP contribution is 2.33. The highest BCUT2D eigenvalue weighted by molar-refractivity contribution is 9.10. The number of piperidine rings is 1. The van der Waals surface area contributed by atoms with E-state index < -0.39 is 10.0 Å². The second kappa shape index (κ2) is 5.67. The fraction of sp³-hybridized carbons (Fsp3) is 0.500. The Morgan fingerprint density at radius 1 is 1.45 bits per heavy atom. The van der Waals surface area contributed by atoms with Crippen molar-refractivity contribution in [2.24, 2.45) is 11.1 Å². The minimum absolute atomic E-state index is 0.200. The maximum Gasteiger partial charge on any atom is 0.244 e. The van der Waals surface area contributed by atoms with E-state index in [9.17, 15) is 8.42 Å². The molecule has 1 aromatic heterocycles. The van der Waals surface area contributed by atoms with Gasteiger partial charge in [-0.3, -0.25) is 4.98 Å². The van der Waals surface area contributed by atoms with Crippen molar-refractivity contribution in [1.82, 2.24) is 9.29 Å². The lowest BCUT2D eigenvalue weighted by molar-refractivity contribution is 0.244. The number of nitrogens with two attached hydrogens (primary N) is 1. The monoisotopic (exact) mass is 377 g/mol. The molecule has 0 spiro atoms. The van der Waals surface area contributed by atoms with Gasteiger partial charge in [-0.05, 0) is 34.8 Å². The Morgan fingerprint density at radius 2 is 2.05 bits per heavy atom. The average molecular weight is 378 g/mol. The first-order chi connectivity index (χ1) is 9.25. The maximum absolute atomic E-state index is 12.5. The number of aromatic nitrogens is 1. The van der Waals surface area contributed by atoms with Crippen LogP contribution in [0, 0.1) is 5.41 Å². The molecule has 0 unspecified atom stereocenters. The molecular weight excluding hydrogens is 362 g/mol. The van der Waals surface area contributed by atoms with Crippen LogP contribution in [0.3, 0.4) is 0 Å². The zero-order valence-electron chi connectivity index (χ0n) is 11.0. The SMILES string of the molecule is CC1(C(N)=S)CCN(S(=O)(=O)c2cncc(Br)c2)CC1. The lowest BCUT2D eigenvalue weighted by atomic mass is 9.81. The summed E-state index contributed by atoms with van der Waals surface area (Å²) >= 11 is 8.30. The van der Waals surface area contributed by atoms with Crippen molar-refractivity contribution in [3.63, 3.8) is 0 Å². The fourth-order valence-electron chi connectivity index (χ4n) is 2.15. The molecule has 0 saturated carbocycles. The van der Waals surface area contributed by atoms with Crippen molar-refractivity contribution in [1.29, 1.82) is 0 Å². The Labute approximate surface area is 132 Å². The van der Waals surface area contributed by atoms with Gasteiger partial charge >= 0.3 is 0 Å². The molecular formula is C12H16BrN3O2S2. The molecule has 0 aliphatic carbocycles. The van der Waals surface area contributed by atoms with Crippen LogP contribution < -0.4 is 5.73 Å². The van der Waals surface area contributed by atoms with Crippen molar-refractivity contribution >= 4 is 43.2 Å². The molecule has 1 saturated heterocycles. The molecule has 0 bridgehead atoms. The van der Waals surface area contributed by atoms with Crippen LogP contribution in [0.15, 0.2) is 27.8 Å². The molecule has 1 aliphatic rings. The van der Waals surface area contributed by atoms with Crippen LogP contribution in [0.5, 0.6) is 0 Å². The number of nitrogens with zero attached hydrogens (tertiary/aromatic N) is 2. The molecule has 2 N–H and O–H groups in total. The molecule has 2 rings (SSSR count). The first kappa shape index (κ1) is 15.8. The van der Waals surface area contributed by atoms with Gasteiger partial charge < -0.3 is 5.73 Å². The van der Waals surface area contributed by atoms with Gasteiger partial charge in [-0.2, -0.15) is 4.31 Å². The van der Waals surface area contributed by atoms with Gasteiger partial charge in [0.2, 0.25) is 10.0 Å². The number of thiocarbonyl (C=S) groups is 1. The van der Waals surface area contributed by atoms with Crippen LogP contribution in [0.25, 0.3) is 0 Å². The largest absolute Gasteiger partial charge is 0.393 e. The third-order valence-electron chi connectivity index (χ3n) is 3.74. The topological polar surface area (TPSA) is 76.3 Å². The molecule has 2 heterocycles. The van der Waals surface area contributed by atoms with Gasteiger partial charge in [0, 0.05) is 35.4 Å². The van der Waals surface area contributed by atoms with Gasteiger partial charge in [-0.25, -0.2) is 8.42 Å². The highest BCUT2D eigenvalue weighted by atomic mass is 79.9. The first-order valence-electron chi connectivity index (χ1n) is 6.16. The Bertz CT molecular complexity index is 625. The minimum Gasteiger partial charge on any atom is -0.393 e. The van der Waals surface area contributed by atoms with Crippen molar-refractivity contribution in [2.75, 3.05) is 13.1 Å². The summed E-state index contributed by atoms with van der Waals surface area (Å²) in [6, 6.07) is 1.56. The molecule has 20 heavy (non-hydrogen) atoms. The van der Waals surface area contributed by atoms with Crippen molar-refractivity contribution in [2.45, 2.75) is 24.7 Å². The van der Waals surface area contributed by atoms with E-state index in [-0.39, 0.29) is 10.3 Å². The molecule has 0 amide bonds. The minimum atomic E-state index is -3.50. The van der Waals surface area contributed by atoms with Crippen LogP contribution in [-0.2, 0) is 10.0 Å². The zero-order chi connectivity index (χ0) is 15.0. The summed E-state index contributed by atoms with van der Waals surface area (Å²) in [5.74, 6) is 0. The Hall–Kier alpha value is -0.570. The van der Waals surface area contributed by atoms with E-state index in [2.05, 4.69) is 20.9 Å². The normalized spacial score (nSPS) is 19.7. The summed E-state index contributed by atoms with van der Waals surface area (Å²) in [6.07, 6.45) is 4.20. The van der Waals surface area contributed by atoms with E-state index in [1.165, 1.54) is 10.5 Å². The zero-order valence-corrected chi connectivity index (χ0v) is 14.3. The van der Waals surface area contributed by atoms with Gasteiger partial charge in [0.15, 0.2) is 0 Å². The summed E-state index contributed by atoms with van der Waals surface area (Å²) in [5.41, 5.74) is 5.48. The van der Waals surface area contributed by atoms with Crippen LogP contribution in [0.2, 0.25) is 0 Å². The van der Waals surface area contributed by atoms with E-state index in [0.717, 1.165) is 0 Å². The predicted octanol–water partition coefficient (Wildman–Crippen LogP) is 1.92. The molecule has 1 aliphatic heterocycles. The third kappa shape index (κ3) is 3.03. The van der Waals surface area contributed by atoms with Crippen molar-refractivity contribution < 1.29 is 8.42 Å². The smallest absolute Gasteiger partial charge is 0.244 e. The second-order valence-corrected chi connectivity index (χ2v) is 8.46. The number of hydrogen-bond donors (Lipinski definition) is 1. The van der Waals surface area contributed by atoms with Gasteiger partial charge in [-0.15, -0.1) is 0 Å². The Morgan fingerprint density at radius 3 is 2.55 bits per heavy atom. The van der Waals surface area contributed by atoms with E-state index >= 15 is 0 Å². The standard InChI is InChI=1S/C12H16BrN3O2S2/c1-12(11(14)19)2-4-16(5-3-12)20(17,18)10-6-9(13)7-15-8-10/h6-8H,2-5H2,1H3,(H2,14,19). The number of pyridine rings is 1. The lowest BCUT2D eigenvalue weighted by Gasteiger charge is -2.37. The summed E-state index contributed by atoms with van der Waals surface area (Å²) < 4.78 is 27.2. The van der Waals surface area contributed by atoms with Crippen LogP contribution >= 0.6 is 28.1 Å². The van der Waals surface area contributed by atoms with E-state index in [1.54, 1.807) is 12.3 Å². The summed E-state index contributed by atoms with van der Waals surface area (Å²) in [7, 11) is -3.50. The van der Waals surface area contributed by atoms with E-state index in [1.807, 2.05) is 6.92 Å². The Kier molecular flexibility index (Phi) is 4.48. The number of hydrogen-bond acceptors (Lipinski definition) is 4. The molecule has 0 aromatic carbocycles. The van der Waals surface area contributed by atoms with Gasteiger partial charge in [0.05, 0.1) is 4.99 Å². The van der Waals surface area contributed by atoms with E-state index in [0.29, 0.717) is 35.4 Å². The van der Waals surface area contributed by atoms with Gasteiger partial charge in [0.1, 0.15) is 4.90 Å². The van der Waals surface area contributed by atoms with E-state index in [4.69, 9.17) is 18.0 Å². The molecule has 5 nitrogen and oxygen atoms in total. The molecule has 0 radical (unpaired) electrons. The third-order valence-corrected chi connectivity index (χ3v) is 6.53. The molecule has 1 aromatic rings. The van der Waals surface area contributed by atoms with Crippen LogP contribution in [0.4, 0.5) is 0 Å².